The fraction of sp³-hybridized carbons (Fsp3) is 0.227. The molecule has 2 aromatic heterocycles. The van der Waals surface area contributed by atoms with E-state index in [9.17, 15) is 22.4 Å². The summed E-state index contributed by atoms with van der Waals surface area (Å²) >= 11 is 1.31. The van der Waals surface area contributed by atoms with Gasteiger partial charge in [-0.2, -0.15) is 13.2 Å². The van der Waals surface area contributed by atoms with Gasteiger partial charge in [0.2, 0.25) is 0 Å². The van der Waals surface area contributed by atoms with Crippen LogP contribution in [0.1, 0.15) is 35.6 Å². The number of aromatic nitrogens is 3. The van der Waals surface area contributed by atoms with Gasteiger partial charge < -0.3 is 4.74 Å². The van der Waals surface area contributed by atoms with E-state index >= 15 is 0 Å². The highest BCUT2D eigenvalue weighted by molar-refractivity contribution is 7.15. The van der Waals surface area contributed by atoms with E-state index in [4.69, 9.17) is 4.74 Å². The molecule has 0 aliphatic carbocycles. The van der Waals surface area contributed by atoms with Crippen LogP contribution < -0.4 is 10.5 Å². The second-order valence-electron chi connectivity index (χ2n) is 7.14. The number of aryl methyl sites for hydroxylation is 1. The highest BCUT2D eigenvalue weighted by Crippen LogP contribution is 2.37. The summed E-state index contributed by atoms with van der Waals surface area (Å²) in [6, 6.07) is 8.94. The fourth-order valence-electron chi connectivity index (χ4n) is 3.23. The topological polar surface area (TPSA) is 81.0 Å². The lowest BCUT2D eigenvalue weighted by molar-refractivity contribution is -0.137. The van der Waals surface area contributed by atoms with Crippen LogP contribution in [-0.2, 0) is 6.18 Å². The molecule has 0 fully saturated rings. The average Bonchev–Trinajstić information content (AvgIpc) is 3.37. The molecule has 4 aromatic rings. The van der Waals surface area contributed by atoms with Gasteiger partial charge in [0.25, 0.3) is 0 Å². The second kappa shape index (κ2) is 8.81. The van der Waals surface area contributed by atoms with Gasteiger partial charge in [0.05, 0.1) is 21.7 Å². The number of hydrogen-bond acceptors (Lipinski definition) is 6. The molecule has 0 saturated carbocycles. The summed E-state index contributed by atoms with van der Waals surface area (Å²) in [6.07, 6.45) is -4.30. The normalized spacial score (nSPS) is 12.7. The fourth-order valence-corrected chi connectivity index (χ4v) is 4.41. The van der Waals surface area contributed by atoms with Crippen molar-refractivity contribution in [1.82, 2.24) is 15.1 Å². The summed E-state index contributed by atoms with van der Waals surface area (Å²) in [7, 11) is 0. The number of H-pyrrole nitrogens is 1. The lowest BCUT2D eigenvalue weighted by Crippen LogP contribution is -2.06. The van der Waals surface area contributed by atoms with E-state index in [0.29, 0.717) is 22.7 Å². The molecule has 1 N–H and O–H groups in total. The number of aromatic amines is 1. The molecule has 2 aromatic carbocycles. The molecule has 2 heterocycles. The van der Waals surface area contributed by atoms with Crippen molar-refractivity contribution in [2.24, 2.45) is 0 Å². The van der Waals surface area contributed by atoms with Crippen molar-refractivity contribution in [3.05, 3.63) is 75.0 Å². The Morgan fingerprint density at radius 2 is 1.91 bits per heavy atom. The first-order chi connectivity index (χ1) is 15.7. The Balaban J connectivity index is 1.56. The zero-order valence-electron chi connectivity index (χ0n) is 17.4. The standard InChI is InChI=1S/C22H17F4N3O3S/c1-3-17(31-14-8-9-15(16(23)10-14)19-28-21(30)32-29-19)18-11(2)27-20(33-18)12-4-6-13(7-5-12)22(24,25)26/h4-10,17H,3H2,1-2H3,(H,28,29,30). The van der Waals surface area contributed by atoms with Crippen molar-refractivity contribution in [3.63, 3.8) is 0 Å². The Morgan fingerprint density at radius 1 is 1.18 bits per heavy atom. The van der Waals surface area contributed by atoms with Crippen molar-refractivity contribution in [2.45, 2.75) is 32.5 Å². The van der Waals surface area contributed by atoms with Crippen molar-refractivity contribution in [1.29, 1.82) is 0 Å². The third-order valence-electron chi connectivity index (χ3n) is 4.87. The Bertz CT molecular complexity index is 1330. The molecule has 33 heavy (non-hydrogen) atoms. The van der Waals surface area contributed by atoms with Gasteiger partial charge in [-0.05, 0) is 37.6 Å². The Kier molecular flexibility index (Phi) is 6.07. The maximum absolute atomic E-state index is 14.5. The number of rotatable bonds is 6. The third kappa shape index (κ3) is 4.82. The SMILES string of the molecule is CCC(Oc1ccc(-c2noc(=O)[nH]2)c(F)c1)c1sc(-c2ccc(C(F)(F)F)cc2)nc1C. The molecule has 1 atom stereocenters. The van der Waals surface area contributed by atoms with Crippen LogP contribution >= 0.6 is 11.3 Å². The van der Waals surface area contributed by atoms with Gasteiger partial charge in [-0.15, -0.1) is 11.3 Å². The van der Waals surface area contributed by atoms with Crippen LogP contribution in [0.15, 0.2) is 51.8 Å². The molecule has 0 bridgehead atoms. The number of halogens is 4. The van der Waals surface area contributed by atoms with Crippen molar-refractivity contribution >= 4 is 11.3 Å². The van der Waals surface area contributed by atoms with E-state index in [1.807, 2.05) is 6.92 Å². The first-order valence-corrected chi connectivity index (χ1v) is 10.6. The number of ether oxygens (including phenoxy) is 1. The number of nitrogens with one attached hydrogen (secondary N) is 1. The van der Waals surface area contributed by atoms with Crippen LogP contribution in [0.4, 0.5) is 17.6 Å². The Morgan fingerprint density at radius 3 is 2.48 bits per heavy atom. The number of hydrogen-bond donors (Lipinski definition) is 1. The van der Waals surface area contributed by atoms with Crippen LogP contribution in [-0.4, -0.2) is 15.1 Å². The minimum atomic E-state index is -4.41. The van der Waals surface area contributed by atoms with E-state index < -0.39 is 29.4 Å². The second-order valence-corrected chi connectivity index (χ2v) is 8.17. The lowest BCUT2D eigenvalue weighted by atomic mass is 10.1. The molecule has 6 nitrogen and oxygen atoms in total. The summed E-state index contributed by atoms with van der Waals surface area (Å²) in [6.45, 7) is 3.68. The molecule has 172 valence electrons. The van der Waals surface area contributed by atoms with Crippen molar-refractivity contribution in [2.75, 3.05) is 0 Å². The highest BCUT2D eigenvalue weighted by Gasteiger charge is 2.30. The number of alkyl halides is 3. The van der Waals surface area contributed by atoms with Crippen LogP contribution in [0.5, 0.6) is 5.75 Å². The van der Waals surface area contributed by atoms with Gasteiger partial charge in [0.1, 0.15) is 22.7 Å². The third-order valence-corrected chi connectivity index (χ3v) is 6.17. The van der Waals surface area contributed by atoms with Gasteiger partial charge in [0.15, 0.2) is 5.82 Å². The van der Waals surface area contributed by atoms with E-state index in [-0.39, 0.29) is 17.1 Å². The summed E-state index contributed by atoms with van der Waals surface area (Å²) in [5.41, 5.74) is 0.572. The van der Waals surface area contributed by atoms with Gasteiger partial charge in [0, 0.05) is 11.6 Å². The predicted octanol–water partition coefficient (Wildman–Crippen LogP) is 6.15. The number of thiazole rings is 1. The molecular formula is C22H17F4N3O3S. The molecule has 0 aliphatic heterocycles. The number of nitrogens with zero attached hydrogens (tertiary/aromatic N) is 2. The Hall–Kier alpha value is -3.47. The minimum absolute atomic E-state index is 0.0319. The molecule has 0 aliphatic rings. The monoisotopic (exact) mass is 479 g/mol. The summed E-state index contributed by atoms with van der Waals surface area (Å²) < 4.78 is 63.4. The van der Waals surface area contributed by atoms with Crippen LogP contribution in [0.2, 0.25) is 0 Å². The minimum Gasteiger partial charge on any atom is -0.485 e. The van der Waals surface area contributed by atoms with Crippen molar-refractivity contribution in [3.8, 4) is 27.7 Å². The van der Waals surface area contributed by atoms with E-state index in [1.165, 1.54) is 35.6 Å². The van der Waals surface area contributed by atoms with Crippen LogP contribution in [0.3, 0.4) is 0 Å². The maximum Gasteiger partial charge on any atom is 0.439 e. The van der Waals surface area contributed by atoms with E-state index in [1.54, 1.807) is 13.0 Å². The van der Waals surface area contributed by atoms with Gasteiger partial charge in [-0.3, -0.25) is 9.51 Å². The van der Waals surface area contributed by atoms with Crippen LogP contribution in [0.25, 0.3) is 22.0 Å². The van der Waals surface area contributed by atoms with Crippen molar-refractivity contribution < 1.29 is 26.8 Å². The zero-order chi connectivity index (χ0) is 23.8. The van der Waals surface area contributed by atoms with Gasteiger partial charge in [-0.1, -0.05) is 24.2 Å². The summed E-state index contributed by atoms with van der Waals surface area (Å²) in [4.78, 5) is 18.7. The summed E-state index contributed by atoms with van der Waals surface area (Å²) in [5.74, 6) is -1.22. The molecule has 4 rings (SSSR count). The quantitative estimate of drug-likeness (QED) is 0.336. The number of benzene rings is 2. The molecule has 0 spiro atoms. The summed E-state index contributed by atoms with van der Waals surface area (Å²) in [5, 5.41) is 4.03. The maximum atomic E-state index is 14.5. The molecule has 11 heteroatoms. The highest BCUT2D eigenvalue weighted by atomic mass is 32.1. The zero-order valence-corrected chi connectivity index (χ0v) is 18.2. The smallest absolute Gasteiger partial charge is 0.439 e. The molecular weight excluding hydrogens is 462 g/mol. The first kappa shape index (κ1) is 22.7. The van der Waals surface area contributed by atoms with Gasteiger partial charge >= 0.3 is 11.9 Å². The molecule has 0 radical (unpaired) electrons. The van der Waals surface area contributed by atoms with Gasteiger partial charge in [-0.25, -0.2) is 14.2 Å². The lowest BCUT2D eigenvalue weighted by Gasteiger charge is -2.17. The largest absolute Gasteiger partial charge is 0.485 e. The van der Waals surface area contributed by atoms with Crippen LogP contribution in [0, 0.1) is 12.7 Å². The molecule has 1 unspecified atom stereocenters. The predicted molar refractivity (Wildman–Crippen MR) is 113 cm³/mol. The Labute approximate surface area is 188 Å². The first-order valence-electron chi connectivity index (χ1n) is 9.83. The van der Waals surface area contributed by atoms with E-state index in [0.717, 1.165) is 17.0 Å². The molecule has 0 saturated heterocycles. The average molecular weight is 479 g/mol. The van der Waals surface area contributed by atoms with E-state index in [2.05, 4.69) is 19.6 Å². The molecule has 0 amide bonds.